The van der Waals surface area contributed by atoms with Crippen LogP contribution in [0.15, 0.2) is 34.4 Å². The first-order valence-electron chi connectivity index (χ1n) is 5.25. The number of aromatic nitrogens is 4. The molecule has 0 fully saturated rings. The monoisotopic (exact) mass is 274 g/mol. The van der Waals surface area contributed by atoms with Crippen LogP contribution < -0.4 is 11.2 Å². The molecule has 0 aliphatic heterocycles. The van der Waals surface area contributed by atoms with E-state index in [-0.39, 0.29) is 13.1 Å². The second-order valence-corrected chi connectivity index (χ2v) is 3.78. The van der Waals surface area contributed by atoms with Gasteiger partial charge in [0.25, 0.3) is 5.56 Å². The predicted molar refractivity (Wildman–Crippen MR) is 58.6 cm³/mol. The molecule has 0 aromatic carbocycles. The molecular weight excluding hydrogens is 265 g/mol. The van der Waals surface area contributed by atoms with Crippen molar-refractivity contribution in [3.05, 3.63) is 51.3 Å². The molecular formula is C10H9F3N4O2. The summed E-state index contributed by atoms with van der Waals surface area (Å²) in [6.07, 6.45) is -0.145. The van der Waals surface area contributed by atoms with E-state index in [2.05, 4.69) is 4.98 Å². The summed E-state index contributed by atoms with van der Waals surface area (Å²) in [6.45, 7) is 0.219. The van der Waals surface area contributed by atoms with Gasteiger partial charge in [0, 0.05) is 31.5 Å². The zero-order valence-corrected chi connectivity index (χ0v) is 9.52. The van der Waals surface area contributed by atoms with Gasteiger partial charge < -0.3 is 9.55 Å². The SMILES string of the molecule is O=c1cc(C(F)(F)F)[nH]c(=O)n1CCn1ccnc1. The second-order valence-electron chi connectivity index (χ2n) is 3.78. The van der Waals surface area contributed by atoms with Gasteiger partial charge in [0.05, 0.1) is 6.33 Å². The second kappa shape index (κ2) is 4.75. The molecule has 9 heteroatoms. The average Bonchev–Trinajstić information content (AvgIpc) is 2.79. The number of alkyl halides is 3. The molecule has 0 atom stereocenters. The number of nitrogens with zero attached hydrogens (tertiary/aromatic N) is 3. The molecule has 2 heterocycles. The Kier molecular flexibility index (Phi) is 3.28. The standard InChI is InChI=1S/C10H9F3N4O2/c11-10(12,13)7-5-8(18)17(9(19)15-7)4-3-16-2-1-14-6-16/h1-2,5-6H,3-4H2,(H,15,19). The maximum Gasteiger partial charge on any atom is 0.431 e. The topological polar surface area (TPSA) is 72.7 Å². The third kappa shape index (κ3) is 2.92. The molecule has 0 bridgehead atoms. The fraction of sp³-hybridized carbons (Fsp3) is 0.300. The van der Waals surface area contributed by atoms with Gasteiger partial charge in [-0.15, -0.1) is 0 Å². The molecule has 0 saturated heterocycles. The Labute approximate surface area is 104 Å². The van der Waals surface area contributed by atoms with Crippen molar-refractivity contribution in [1.82, 2.24) is 19.1 Å². The highest BCUT2D eigenvalue weighted by Gasteiger charge is 2.32. The van der Waals surface area contributed by atoms with Crippen LogP contribution in [0, 0.1) is 0 Å². The maximum atomic E-state index is 12.4. The normalized spacial score (nSPS) is 11.7. The highest BCUT2D eigenvalue weighted by Crippen LogP contribution is 2.25. The predicted octanol–water partition coefficient (Wildman–Crippen LogP) is 0.452. The Morgan fingerprint density at radius 1 is 1.26 bits per heavy atom. The number of aromatic amines is 1. The van der Waals surface area contributed by atoms with E-state index in [9.17, 15) is 22.8 Å². The van der Waals surface area contributed by atoms with Gasteiger partial charge in [-0.25, -0.2) is 9.78 Å². The Morgan fingerprint density at radius 3 is 2.53 bits per heavy atom. The highest BCUT2D eigenvalue weighted by atomic mass is 19.4. The van der Waals surface area contributed by atoms with Gasteiger partial charge in [0.15, 0.2) is 0 Å². The molecule has 2 aromatic rings. The fourth-order valence-corrected chi connectivity index (χ4v) is 1.52. The van der Waals surface area contributed by atoms with Gasteiger partial charge in [0.2, 0.25) is 0 Å². The van der Waals surface area contributed by atoms with Crippen molar-refractivity contribution in [3.8, 4) is 0 Å². The van der Waals surface area contributed by atoms with Crippen molar-refractivity contribution >= 4 is 0 Å². The van der Waals surface area contributed by atoms with Crippen LogP contribution in [0.3, 0.4) is 0 Å². The summed E-state index contributed by atoms with van der Waals surface area (Å²) in [5.41, 5.74) is -3.42. The number of H-pyrrole nitrogens is 1. The van der Waals surface area contributed by atoms with Crippen molar-refractivity contribution in [2.24, 2.45) is 0 Å². The van der Waals surface area contributed by atoms with Gasteiger partial charge in [-0.1, -0.05) is 0 Å². The molecule has 0 radical (unpaired) electrons. The van der Waals surface area contributed by atoms with Crippen LogP contribution in [0.25, 0.3) is 0 Å². The lowest BCUT2D eigenvalue weighted by atomic mass is 10.4. The van der Waals surface area contributed by atoms with Crippen molar-refractivity contribution < 1.29 is 13.2 Å². The number of imidazole rings is 1. The summed E-state index contributed by atoms with van der Waals surface area (Å²) >= 11 is 0. The molecule has 19 heavy (non-hydrogen) atoms. The number of hydrogen-bond acceptors (Lipinski definition) is 3. The third-order valence-electron chi connectivity index (χ3n) is 2.47. The van der Waals surface area contributed by atoms with Crippen LogP contribution in [0.2, 0.25) is 0 Å². The average molecular weight is 274 g/mol. The van der Waals surface area contributed by atoms with E-state index in [4.69, 9.17) is 0 Å². The number of nitrogens with one attached hydrogen (secondary N) is 1. The lowest BCUT2D eigenvalue weighted by molar-refractivity contribution is -0.141. The van der Waals surface area contributed by atoms with Crippen molar-refractivity contribution in [2.45, 2.75) is 19.3 Å². The molecule has 0 saturated carbocycles. The molecule has 2 aromatic heterocycles. The van der Waals surface area contributed by atoms with E-state index in [0.717, 1.165) is 0 Å². The van der Waals surface area contributed by atoms with Crippen molar-refractivity contribution in [1.29, 1.82) is 0 Å². The summed E-state index contributed by atoms with van der Waals surface area (Å²) in [5.74, 6) is 0. The zero-order valence-electron chi connectivity index (χ0n) is 9.52. The number of halogens is 3. The third-order valence-corrected chi connectivity index (χ3v) is 2.47. The Morgan fingerprint density at radius 2 is 2.00 bits per heavy atom. The molecule has 0 unspecified atom stereocenters. The van der Waals surface area contributed by atoms with Crippen molar-refractivity contribution in [2.75, 3.05) is 0 Å². The Balaban J connectivity index is 2.28. The minimum atomic E-state index is -4.75. The van der Waals surface area contributed by atoms with Crippen LogP contribution >= 0.6 is 0 Å². The number of aryl methyl sites for hydroxylation is 1. The summed E-state index contributed by atoms with van der Waals surface area (Å²) in [6, 6.07) is 0.370. The first kappa shape index (κ1) is 13.1. The van der Waals surface area contributed by atoms with Crippen LogP contribution in [0.4, 0.5) is 13.2 Å². The van der Waals surface area contributed by atoms with E-state index in [1.807, 2.05) is 0 Å². The van der Waals surface area contributed by atoms with Crippen LogP contribution in [0.5, 0.6) is 0 Å². The van der Waals surface area contributed by atoms with Crippen LogP contribution in [-0.4, -0.2) is 19.1 Å². The molecule has 0 amide bonds. The van der Waals surface area contributed by atoms with Gasteiger partial charge in [0.1, 0.15) is 5.69 Å². The molecule has 1 N–H and O–H groups in total. The van der Waals surface area contributed by atoms with E-state index in [0.29, 0.717) is 10.6 Å². The minimum absolute atomic E-state index is 0.0390. The highest BCUT2D eigenvalue weighted by molar-refractivity contribution is 5.03. The van der Waals surface area contributed by atoms with E-state index in [1.54, 1.807) is 15.7 Å². The van der Waals surface area contributed by atoms with Gasteiger partial charge in [-0.3, -0.25) is 9.36 Å². The lowest BCUT2D eigenvalue weighted by Crippen LogP contribution is -2.37. The molecule has 0 aliphatic rings. The van der Waals surface area contributed by atoms with Crippen LogP contribution in [0.1, 0.15) is 5.69 Å². The molecule has 2 rings (SSSR count). The van der Waals surface area contributed by atoms with Gasteiger partial charge in [-0.2, -0.15) is 13.2 Å². The summed E-state index contributed by atoms with van der Waals surface area (Å²) in [5, 5.41) is 0. The lowest BCUT2D eigenvalue weighted by Gasteiger charge is -2.09. The van der Waals surface area contributed by atoms with E-state index >= 15 is 0 Å². The summed E-state index contributed by atoms with van der Waals surface area (Å²) < 4.78 is 39.4. The summed E-state index contributed by atoms with van der Waals surface area (Å²) in [4.78, 5) is 28.3. The van der Waals surface area contributed by atoms with Gasteiger partial charge >= 0.3 is 11.9 Å². The largest absolute Gasteiger partial charge is 0.431 e. The summed E-state index contributed by atoms with van der Waals surface area (Å²) in [7, 11) is 0. The Bertz CT molecular complexity index is 638. The van der Waals surface area contributed by atoms with Gasteiger partial charge in [-0.05, 0) is 0 Å². The number of hydrogen-bond donors (Lipinski definition) is 1. The molecule has 0 aliphatic carbocycles. The van der Waals surface area contributed by atoms with E-state index in [1.165, 1.54) is 12.5 Å². The maximum absolute atomic E-state index is 12.4. The zero-order chi connectivity index (χ0) is 14.0. The smallest absolute Gasteiger partial charge is 0.336 e. The first-order valence-corrected chi connectivity index (χ1v) is 5.25. The number of rotatable bonds is 3. The minimum Gasteiger partial charge on any atom is -0.336 e. The molecule has 102 valence electrons. The van der Waals surface area contributed by atoms with Crippen molar-refractivity contribution in [3.63, 3.8) is 0 Å². The fourth-order valence-electron chi connectivity index (χ4n) is 1.52. The first-order chi connectivity index (χ1) is 8.88. The Hall–Kier alpha value is -2.32. The quantitative estimate of drug-likeness (QED) is 0.883. The van der Waals surface area contributed by atoms with Crippen LogP contribution in [-0.2, 0) is 19.3 Å². The van der Waals surface area contributed by atoms with E-state index < -0.39 is 23.1 Å². The molecule has 0 spiro atoms. The molecule has 6 nitrogen and oxygen atoms in total.